The molecule has 0 saturated carbocycles. The molecular formula is C28H42N6O9. The summed E-state index contributed by atoms with van der Waals surface area (Å²) >= 11 is 0. The lowest BCUT2D eigenvalue weighted by Crippen LogP contribution is -2.45. The normalized spacial score (nSPS) is 13.3. The highest BCUT2D eigenvalue weighted by Crippen LogP contribution is 2.09. The Morgan fingerprint density at radius 1 is 0.884 bits per heavy atom. The van der Waals surface area contributed by atoms with Crippen LogP contribution < -0.4 is 21.7 Å². The standard InChI is InChI=1S/C28H42N6O9/c1-19(2)26(28(40)43-12-4-9-31-27(39)21-17-20(29)18-33(21)3)32-23(36)8-13-41-15-16-42-14-10-30-22(35)7-11-34-24(37)5-6-25(34)38/h5-6,17-19,26H,4,7-16,29H2,1-3H3,(H,30,35)(H,31,39)(H,32,36)/t26-/m0/s1. The van der Waals surface area contributed by atoms with Crippen LogP contribution in [0.4, 0.5) is 5.69 Å². The summed E-state index contributed by atoms with van der Waals surface area (Å²) < 4.78 is 17.7. The maximum Gasteiger partial charge on any atom is 0.328 e. The van der Waals surface area contributed by atoms with Crippen molar-refractivity contribution in [2.75, 3.05) is 58.4 Å². The number of carbonyl (C=O) groups is 6. The van der Waals surface area contributed by atoms with Gasteiger partial charge in [-0.3, -0.25) is 28.9 Å². The number of hydrogen-bond donors (Lipinski definition) is 4. The van der Waals surface area contributed by atoms with Crippen molar-refractivity contribution in [3.63, 3.8) is 0 Å². The average Bonchev–Trinajstić information content (AvgIpc) is 3.47. The minimum Gasteiger partial charge on any atom is -0.464 e. The first-order valence-corrected chi connectivity index (χ1v) is 14.1. The number of carbonyl (C=O) groups excluding carboxylic acids is 6. The maximum atomic E-state index is 12.5. The van der Waals surface area contributed by atoms with Gasteiger partial charge in [-0.25, -0.2) is 4.79 Å². The smallest absolute Gasteiger partial charge is 0.328 e. The SMILES string of the molecule is CC(C)[C@H](NC(=O)CCOCCOCCNC(=O)CCN1C(=O)C=CC1=O)C(=O)OCCCNC(=O)c1cc(N)cn1C. The molecule has 0 aromatic carbocycles. The molecule has 43 heavy (non-hydrogen) atoms. The number of ether oxygens (including phenoxy) is 3. The van der Waals surface area contributed by atoms with Gasteiger partial charge in [-0.1, -0.05) is 13.8 Å². The van der Waals surface area contributed by atoms with E-state index in [9.17, 15) is 28.8 Å². The molecule has 0 fully saturated rings. The van der Waals surface area contributed by atoms with Gasteiger partial charge in [-0.05, 0) is 18.4 Å². The van der Waals surface area contributed by atoms with Gasteiger partial charge in [0, 0.05) is 57.9 Å². The Morgan fingerprint density at radius 2 is 1.56 bits per heavy atom. The molecule has 2 rings (SSSR count). The van der Waals surface area contributed by atoms with Gasteiger partial charge in [0.25, 0.3) is 17.7 Å². The van der Waals surface area contributed by atoms with Gasteiger partial charge in [0.2, 0.25) is 11.8 Å². The van der Waals surface area contributed by atoms with E-state index in [0.29, 0.717) is 24.3 Å². The van der Waals surface area contributed by atoms with Crippen molar-refractivity contribution < 1.29 is 43.0 Å². The summed E-state index contributed by atoms with van der Waals surface area (Å²) in [5.74, 6) is -2.55. The number of amides is 5. The zero-order valence-corrected chi connectivity index (χ0v) is 24.9. The fourth-order valence-electron chi connectivity index (χ4n) is 3.89. The first-order valence-electron chi connectivity index (χ1n) is 14.1. The number of nitrogens with one attached hydrogen (secondary N) is 3. The Kier molecular flexibility index (Phi) is 14.9. The maximum absolute atomic E-state index is 12.5. The Balaban J connectivity index is 1.49. The predicted octanol–water partition coefficient (Wildman–Crippen LogP) is -0.734. The number of hydrogen-bond acceptors (Lipinski definition) is 10. The van der Waals surface area contributed by atoms with Crippen LogP contribution in [0.2, 0.25) is 0 Å². The summed E-state index contributed by atoms with van der Waals surface area (Å²) in [5, 5.41) is 8.05. The number of nitrogen functional groups attached to an aromatic ring is 1. The Labute approximate surface area is 250 Å². The second kappa shape index (κ2) is 18.3. The molecule has 238 valence electrons. The van der Waals surface area contributed by atoms with E-state index < -0.39 is 23.8 Å². The molecule has 1 aliphatic rings. The molecule has 5 amide bonds. The van der Waals surface area contributed by atoms with E-state index in [0.717, 1.165) is 4.90 Å². The highest BCUT2D eigenvalue weighted by atomic mass is 16.5. The summed E-state index contributed by atoms with van der Waals surface area (Å²) in [5.41, 5.74) is 6.60. The number of aromatic nitrogens is 1. The summed E-state index contributed by atoms with van der Waals surface area (Å²) in [6, 6.07) is 0.754. The van der Waals surface area contributed by atoms with E-state index in [1.165, 1.54) is 12.2 Å². The molecule has 15 nitrogen and oxygen atoms in total. The zero-order chi connectivity index (χ0) is 31.8. The quantitative estimate of drug-likeness (QED) is 0.0833. The summed E-state index contributed by atoms with van der Waals surface area (Å²) in [4.78, 5) is 72.7. The highest BCUT2D eigenvalue weighted by molar-refractivity contribution is 6.13. The third-order valence-corrected chi connectivity index (χ3v) is 6.22. The molecule has 2 heterocycles. The molecule has 1 aromatic rings. The van der Waals surface area contributed by atoms with Crippen molar-refractivity contribution in [3.05, 3.63) is 30.1 Å². The summed E-state index contributed by atoms with van der Waals surface area (Å²) in [7, 11) is 1.72. The van der Waals surface area contributed by atoms with Crippen LogP contribution in [0.3, 0.4) is 0 Å². The molecule has 1 aliphatic heterocycles. The molecule has 0 aliphatic carbocycles. The van der Waals surface area contributed by atoms with E-state index in [4.69, 9.17) is 19.9 Å². The Bertz CT molecular complexity index is 1150. The number of aryl methyl sites for hydroxylation is 1. The minimum atomic E-state index is -0.819. The van der Waals surface area contributed by atoms with Crippen LogP contribution in [0, 0.1) is 5.92 Å². The van der Waals surface area contributed by atoms with Gasteiger partial charge in [0.05, 0.1) is 38.7 Å². The third-order valence-electron chi connectivity index (χ3n) is 6.22. The molecule has 0 radical (unpaired) electrons. The van der Waals surface area contributed by atoms with E-state index in [1.807, 2.05) is 0 Å². The fourth-order valence-corrected chi connectivity index (χ4v) is 3.89. The molecule has 15 heteroatoms. The average molecular weight is 607 g/mol. The van der Waals surface area contributed by atoms with E-state index >= 15 is 0 Å². The van der Waals surface area contributed by atoms with Crippen LogP contribution in [0.1, 0.15) is 43.6 Å². The van der Waals surface area contributed by atoms with Crippen molar-refractivity contribution in [3.8, 4) is 0 Å². The van der Waals surface area contributed by atoms with Crippen molar-refractivity contribution in [1.29, 1.82) is 0 Å². The van der Waals surface area contributed by atoms with Gasteiger partial charge < -0.3 is 40.5 Å². The van der Waals surface area contributed by atoms with E-state index in [2.05, 4.69) is 16.0 Å². The van der Waals surface area contributed by atoms with Crippen LogP contribution in [0.25, 0.3) is 0 Å². The van der Waals surface area contributed by atoms with Crippen molar-refractivity contribution >= 4 is 41.2 Å². The molecule has 0 unspecified atom stereocenters. The Hall–Kier alpha value is -4.24. The second-order valence-electron chi connectivity index (χ2n) is 10.1. The van der Waals surface area contributed by atoms with Crippen LogP contribution >= 0.6 is 0 Å². The zero-order valence-electron chi connectivity index (χ0n) is 24.9. The number of nitrogens with two attached hydrogens (primary N) is 1. The second-order valence-corrected chi connectivity index (χ2v) is 10.1. The van der Waals surface area contributed by atoms with E-state index in [1.54, 1.807) is 37.7 Å². The number of anilines is 1. The van der Waals surface area contributed by atoms with Gasteiger partial charge in [-0.15, -0.1) is 0 Å². The molecule has 0 bridgehead atoms. The first-order chi connectivity index (χ1) is 20.5. The van der Waals surface area contributed by atoms with Gasteiger partial charge >= 0.3 is 5.97 Å². The predicted molar refractivity (Wildman–Crippen MR) is 154 cm³/mol. The minimum absolute atomic E-state index is 0.00500. The topological polar surface area (TPSA) is 200 Å². The number of nitrogens with zero attached hydrogens (tertiary/aromatic N) is 2. The summed E-state index contributed by atoms with van der Waals surface area (Å²) in [6.45, 7) is 5.09. The monoisotopic (exact) mass is 606 g/mol. The molecule has 1 atom stereocenters. The van der Waals surface area contributed by atoms with Crippen molar-refractivity contribution in [2.24, 2.45) is 13.0 Å². The lowest BCUT2D eigenvalue weighted by molar-refractivity contribution is -0.149. The molecule has 0 spiro atoms. The number of rotatable bonds is 20. The lowest BCUT2D eigenvalue weighted by Gasteiger charge is -2.21. The van der Waals surface area contributed by atoms with Crippen molar-refractivity contribution in [1.82, 2.24) is 25.4 Å². The van der Waals surface area contributed by atoms with Crippen molar-refractivity contribution in [2.45, 2.75) is 39.2 Å². The molecule has 0 saturated heterocycles. The van der Waals surface area contributed by atoms with E-state index in [-0.39, 0.29) is 82.6 Å². The molecular weight excluding hydrogens is 564 g/mol. The molecule has 1 aromatic heterocycles. The molecule has 5 N–H and O–H groups in total. The van der Waals surface area contributed by atoms with Gasteiger partial charge in [0.15, 0.2) is 0 Å². The fraction of sp³-hybridized carbons (Fsp3) is 0.571. The summed E-state index contributed by atoms with van der Waals surface area (Å²) in [6.07, 6.45) is 4.42. The third kappa shape index (κ3) is 12.7. The lowest BCUT2D eigenvalue weighted by atomic mass is 10.0. The van der Waals surface area contributed by atoms with Crippen LogP contribution in [0.5, 0.6) is 0 Å². The highest BCUT2D eigenvalue weighted by Gasteiger charge is 2.26. The first kappa shape index (κ1) is 35.0. The van der Waals surface area contributed by atoms with Gasteiger partial charge in [0.1, 0.15) is 11.7 Å². The number of esters is 1. The van der Waals surface area contributed by atoms with Gasteiger partial charge in [-0.2, -0.15) is 0 Å². The Morgan fingerprint density at radius 3 is 2.19 bits per heavy atom. The number of imide groups is 1. The largest absolute Gasteiger partial charge is 0.464 e. The van der Waals surface area contributed by atoms with Crippen LogP contribution in [-0.4, -0.2) is 104 Å². The van der Waals surface area contributed by atoms with Crippen LogP contribution in [0.15, 0.2) is 24.4 Å². The van der Waals surface area contributed by atoms with Crippen LogP contribution in [-0.2, 0) is 45.2 Å².